The third kappa shape index (κ3) is 4.43. The van der Waals surface area contributed by atoms with E-state index in [1.165, 1.54) is 12.1 Å². The lowest BCUT2D eigenvalue weighted by molar-refractivity contribution is 0.619. The van der Waals surface area contributed by atoms with Crippen molar-refractivity contribution in [3.63, 3.8) is 0 Å². The molecule has 0 aliphatic rings. The van der Waals surface area contributed by atoms with Crippen molar-refractivity contribution in [3.8, 4) is 11.4 Å². The lowest BCUT2D eigenvalue weighted by Crippen LogP contribution is -1.97. The summed E-state index contributed by atoms with van der Waals surface area (Å²) in [5, 5.41) is 1.40. The Bertz CT molecular complexity index is 1170. The molecule has 0 atom stereocenters. The maximum absolute atomic E-state index is 15.0. The molecule has 0 bridgehead atoms. The highest BCUT2D eigenvalue weighted by Crippen LogP contribution is 2.26. The van der Waals surface area contributed by atoms with Gasteiger partial charge in [-0.1, -0.05) is 42.5 Å². The molecule has 0 fully saturated rings. The molecule has 1 aromatic heterocycles. The summed E-state index contributed by atoms with van der Waals surface area (Å²) in [4.78, 5) is 8.90. The van der Waals surface area contributed by atoms with E-state index in [2.05, 4.69) is 16.5 Å². The van der Waals surface area contributed by atoms with Crippen LogP contribution in [0.4, 0.5) is 8.78 Å². The predicted molar refractivity (Wildman–Crippen MR) is 117 cm³/mol. The minimum atomic E-state index is -0.262. The maximum atomic E-state index is 15.0. The average molecular weight is 400 g/mol. The number of halogens is 2. The Morgan fingerprint density at radius 1 is 0.800 bits per heavy atom. The number of fused-ring (bicyclic) bond motifs is 1. The van der Waals surface area contributed by atoms with Gasteiger partial charge in [-0.15, -0.1) is 6.58 Å². The molecule has 4 heteroatoms. The second-order valence-electron chi connectivity index (χ2n) is 7.34. The fourth-order valence-electron chi connectivity index (χ4n) is 3.50. The van der Waals surface area contributed by atoms with Gasteiger partial charge in [0.05, 0.1) is 0 Å². The lowest BCUT2D eigenvalue weighted by atomic mass is 9.99. The van der Waals surface area contributed by atoms with E-state index in [9.17, 15) is 4.39 Å². The number of aromatic nitrogens is 2. The second-order valence-corrected chi connectivity index (χ2v) is 7.34. The summed E-state index contributed by atoms with van der Waals surface area (Å²) in [6.45, 7) is 3.73. The quantitative estimate of drug-likeness (QED) is 0.332. The van der Waals surface area contributed by atoms with Gasteiger partial charge in [0, 0.05) is 23.3 Å². The number of hydrogen-bond donors (Lipinski definition) is 0. The van der Waals surface area contributed by atoms with Crippen LogP contribution >= 0.6 is 0 Å². The zero-order valence-corrected chi connectivity index (χ0v) is 16.6. The maximum Gasteiger partial charge on any atom is 0.159 e. The Morgan fingerprint density at radius 3 is 2.30 bits per heavy atom. The molecule has 0 saturated carbocycles. The van der Waals surface area contributed by atoms with Crippen molar-refractivity contribution in [2.75, 3.05) is 0 Å². The van der Waals surface area contributed by atoms with Crippen molar-refractivity contribution >= 4 is 10.8 Å². The molecule has 0 saturated heterocycles. The molecule has 3 aromatic carbocycles. The summed E-state index contributed by atoms with van der Waals surface area (Å²) < 4.78 is 28.1. The zero-order valence-electron chi connectivity index (χ0n) is 16.6. The largest absolute Gasteiger partial charge is 0.236 e. The molecule has 0 amide bonds. The summed E-state index contributed by atoms with van der Waals surface area (Å²) in [5.74, 6) is 0.156. The number of aryl methyl sites for hydroxylation is 3. The van der Waals surface area contributed by atoms with Crippen LogP contribution in [0.15, 0.2) is 79.6 Å². The van der Waals surface area contributed by atoms with Crippen LogP contribution in [0.3, 0.4) is 0 Å². The second kappa shape index (κ2) is 8.95. The normalized spacial score (nSPS) is 11.0. The molecule has 4 aromatic rings. The summed E-state index contributed by atoms with van der Waals surface area (Å²) in [6, 6.07) is 15.7. The Hall–Kier alpha value is -3.40. The number of nitrogens with zero attached hydrogens (tertiary/aromatic N) is 2. The van der Waals surface area contributed by atoms with Crippen molar-refractivity contribution in [2.45, 2.75) is 25.7 Å². The van der Waals surface area contributed by atoms with Crippen LogP contribution in [0.5, 0.6) is 0 Å². The standard InChI is InChI=1S/C26H22F2N2/c1-2-3-4-19-16-29-26(30-17-19)22-11-14-24-21(15-22)10-9-20(25(24)28)8-5-18-6-12-23(27)13-7-18/h2,6-7,9-17H,1,3-5,8H2. The SMILES string of the molecule is C=CCCc1cnc(-c2ccc3c(F)c(CCc4ccc(F)cc4)ccc3c2)nc1. The van der Waals surface area contributed by atoms with E-state index in [4.69, 9.17) is 0 Å². The molecule has 4 rings (SSSR count). The van der Waals surface area contributed by atoms with E-state index in [-0.39, 0.29) is 11.6 Å². The minimum absolute atomic E-state index is 0.207. The van der Waals surface area contributed by atoms with Gasteiger partial charge in [0.2, 0.25) is 0 Å². The first-order valence-corrected chi connectivity index (χ1v) is 10.0. The average Bonchev–Trinajstić information content (AvgIpc) is 2.78. The summed E-state index contributed by atoms with van der Waals surface area (Å²) in [7, 11) is 0. The van der Waals surface area contributed by atoms with Crippen molar-refractivity contribution < 1.29 is 8.78 Å². The first-order chi connectivity index (χ1) is 14.6. The molecule has 2 nitrogen and oxygen atoms in total. The van der Waals surface area contributed by atoms with Crippen molar-refractivity contribution in [3.05, 3.63) is 108 Å². The first kappa shape index (κ1) is 19.9. The van der Waals surface area contributed by atoms with E-state index in [1.54, 1.807) is 18.2 Å². The van der Waals surface area contributed by atoms with Gasteiger partial charge >= 0.3 is 0 Å². The van der Waals surface area contributed by atoms with Gasteiger partial charge < -0.3 is 0 Å². The molecule has 0 N–H and O–H groups in total. The van der Waals surface area contributed by atoms with Crippen molar-refractivity contribution in [1.29, 1.82) is 0 Å². The smallest absolute Gasteiger partial charge is 0.159 e. The highest BCUT2D eigenvalue weighted by Gasteiger charge is 2.10. The lowest BCUT2D eigenvalue weighted by Gasteiger charge is -2.09. The molecule has 1 heterocycles. The van der Waals surface area contributed by atoms with Crippen LogP contribution in [0.25, 0.3) is 22.2 Å². The van der Waals surface area contributed by atoms with Gasteiger partial charge in [0.15, 0.2) is 5.82 Å². The van der Waals surface area contributed by atoms with Crippen LogP contribution in [0, 0.1) is 11.6 Å². The third-order valence-electron chi connectivity index (χ3n) is 5.23. The van der Waals surface area contributed by atoms with Gasteiger partial charge in [-0.3, -0.25) is 0 Å². The highest BCUT2D eigenvalue weighted by molar-refractivity contribution is 5.87. The van der Waals surface area contributed by atoms with Crippen molar-refractivity contribution in [2.24, 2.45) is 0 Å². The Labute approximate surface area is 174 Å². The van der Waals surface area contributed by atoms with E-state index >= 15 is 4.39 Å². The van der Waals surface area contributed by atoms with Gasteiger partial charge in [0.1, 0.15) is 11.6 Å². The van der Waals surface area contributed by atoms with Crippen LogP contribution in [0.1, 0.15) is 23.1 Å². The Morgan fingerprint density at radius 2 is 1.57 bits per heavy atom. The molecule has 150 valence electrons. The zero-order chi connectivity index (χ0) is 20.9. The third-order valence-corrected chi connectivity index (χ3v) is 5.23. The van der Waals surface area contributed by atoms with Gasteiger partial charge in [0.25, 0.3) is 0 Å². The fraction of sp³-hybridized carbons (Fsp3) is 0.154. The molecule has 0 spiro atoms. The van der Waals surface area contributed by atoms with Crippen LogP contribution in [-0.2, 0) is 19.3 Å². The number of hydrogen-bond acceptors (Lipinski definition) is 2. The molecule has 0 unspecified atom stereocenters. The summed E-state index contributed by atoms with van der Waals surface area (Å²) >= 11 is 0. The molecule has 0 radical (unpaired) electrons. The number of allylic oxidation sites excluding steroid dienone is 1. The first-order valence-electron chi connectivity index (χ1n) is 10.0. The molecular formula is C26H22F2N2. The van der Waals surface area contributed by atoms with Gasteiger partial charge in [-0.05, 0) is 66.0 Å². The van der Waals surface area contributed by atoms with Crippen LogP contribution in [-0.4, -0.2) is 9.97 Å². The predicted octanol–water partition coefficient (Wildman–Crippen LogP) is 6.48. The Kier molecular flexibility index (Phi) is 5.94. The van der Waals surface area contributed by atoms with Crippen molar-refractivity contribution in [1.82, 2.24) is 9.97 Å². The monoisotopic (exact) mass is 400 g/mol. The number of rotatable bonds is 7. The van der Waals surface area contributed by atoms with Gasteiger partial charge in [-0.25, -0.2) is 18.7 Å². The van der Waals surface area contributed by atoms with E-state index in [0.717, 1.165) is 34.9 Å². The topological polar surface area (TPSA) is 25.8 Å². The summed E-state index contributed by atoms with van der Waals surface area (Å²) in [6.07, 6.45) is 8.51. The molecular weight excluding hydrogens is 378 g/mol. The molecule has 0 aliphatic heterocycles. The van der Waals surface area contributed by atoms with E-state index in [0.29, 0.717) is 29.6 Å². The Balaban J connectivity index is 1.54. The number of benzene rings is 3. The van der Waals surface area contributed by atoms with E-state index in [1.807, 2.05) is 42.7 Å². The van der Waals surface area contributed by atoms with E-state index < -0.39 is 0 Å². The molecule has 30 heavy (non-hydrogen) atoms. The summed E-state index contributed by atoms with van der Waals surface area (Å²) in [5.41, 5.74) is 3.56. The van der Waals surface area contributed by atoms with Crippen LogP contribution < -0.4 is 0 Å². The molecule has 0 aliphatic carbocycles. The fourth-order valence-corrected chi connectivity index (χ4v) is 3.50. The minimum Gasteiger partial charge on any atom is -0.236 e. The highest BCUT2D eigenvalue weighted by atomic mass is 19.1. The van der Waals surface area contributed by atoms with Crippen LogP contribution in [0.2, 0.25) is 0 Å². The van der Waals surface area contributed by atoms with Gasteiger partial charge in [-0.2, -0.15) is 0 Å².